The zero-order chi connectivity index (χ0) is 22.1. The van der Waals surface area contributed by atoms with E-state index in [1.54, 1.807) is 48.5 Å². The van der Waals surface area contributed by atoms with Gasteiger partial charge in [0.05, 0.1) is 10.6 Å². The van der Waals surface area contributed by atoms with Gasteiger partial charge >= 0.3 is 0 Å². The van der Waals surface area contributed by atoms with E-state index in [1.165, 1.54) is 23.1 Å². The van der Waals surface area contributed by atoms with Crippen LogP contribution in [0.2, 0.25) is 5.02 Å². The van der Waals surface area contributed by atoms with E-state index < -0.39 is 16.7 Å². The Hall–Kier alpha value is -3.82. The van der Waals surface area contributed by atoms with Crippen molar-refractivity contribution in [1.29, 1.82) is 0 Å². The minimum absolute atomic E-state index is 0.00379. The highest BCUT2D eigenvalue weighted by Gasteiger charge is 2.34. The number of nitrogens with zero attached hydrogens (tertiary/aromatic N) is 2. The van der Waals surface area contributed by atoms with Gasteiger partial charge in [0.25, 0.3) is 17.5 Å². The lowest BCUT2D eigenvalue weighted by atomic mass is 10.1. The smallest absolute Gasteiger partial charge is 0.288 e. The SMILES string of the molecule is O=C1NC(=S)N(c2ccccc2)C(=O)/C1=C\c1ccc(-c2ccc(Cl)c([N+](=O)[O-])c2)o1. The second-order valence-corrected chi connectivity index (χ2v) is 7.21. The first kappa shape index (κ1) is 20.5. The van der Waals surface area contributed by atoms with Crippen LogP contribution in [0.4, 0.5) is 11.4 Å². The monoisotopic (exact) mass is 453 g/mol. The first-order valence-electron chi connectivity index (χ1n) is 8.86. The van der Waals surface area contributed by atoms with Crippen molar-refractivity contribution >= 4 is 58.2 Å². The van der Waals surface area contributed by atoms with Crippen LogP contribution in [-0.4, -0.2) is 21.9 Å². The van der Waals surface area contributed by atoms with Crippen molar-refractivity contribution in [2.24, 2.45) is 0 Å². The number of nitrogens with one attached hydrogen (secondary N) is 1. The number of carbonyl (C=O) groups excluding carboxylic acids is 2. The molecule has 1 saturated heterocycles. The number of amides is 2. The summed E-state index contributed by atoms with van der Waals surface area (Å²) >= 11 is 11.0. The fraction of sp³-hybridized carbons (Fsp3) is 0. The third-order valence-electron chi connectivity index (χ3n) is 4.46. The number of nitro groups is 1. The molecule has 4 rings (SSSR count). The molecule has 0 unspecified atom stereocenters. The number of para-hydroxylation sites is 1. The van der Waals surface area contributed by atoms with Crippen LogP contribution in [0.5, 0.6) is 0 Å². The summed E-state index contributed by atoms with van der Waals surface area (Å²) < 4.78 is 5.69. The number of carbonyl (C=O) groups is 2. The Kier molecular flexibility index (Phi) is 5.37. The fourth-order valence-corrected chi connectivity index (χ4v) is 3.47. The maximum absolute atomic E-state index is 13.0. The molecular weight excluding hydrogens is 442 g/mol. The topological polar surface area (TPSA) is 106 Å². The van der Waals surface area contributed by atoms with Crippen LogP contribution >= 0.6 is 23.8 Å². The highest BCUT2D eigenvalue weighted by Crippen LogP contribution is 2.32. The van der Waals surface area contributed by atoms with Crippen molar-refractivity contribution < 1.29 is 18.9 Å². The standard InChI is InChI=1S/C21H12ClN3O5S/c22-16-8-6-12(10-17(16)25(28)29)18-9-7-14(30-18)11-15-19(26)23-21(31)24(20(15)27)13-4-2-1-3-5-13/h1-11H,(H,23,26,31)/b15-11-. The molecule has 2 amide bonds. The number of furan rings is 1. The fourth-order valence-electron chi connectivity index (χ4n) is 3.00. The minimum atomic E-state index is -0.651. The van der Waals surface area contributed by atoms with Gasteiger partial charge in [0.2, 0.25) is 0 Å². The van der Waals surface area contributed by atoms with Crippen LogP contribution in [0.15, 0.2) is 70.7 Å². The molecule has 0 aliphatic carbocycles. The summed E-state index contributed by atoms with van der Waals surface area (Å²) in [6.45, 7) is 0. The van der Waals surface area contributed by atoms with Crippen molar-refractivity contribution in [1.82, 2.24) is 5.32 Å². The molecule has 2 aromatic carbocycles. The maximum Gasteiger partial charge on any atom is 0.288 e. The normalized spacial score (nSPS) is 15.3. The molecule has 0 radical (unpaired) electrons. The second kappa shape index (κ2) is 8.13. The van der Waals surface area contributed by atoms with Gasteiger partial charge in [0, 0.05) is 11.6 Å². The van der Waals surface area contributed by atoms with E-state index in [0.29, 0.717) is 17.0 Å². The largest absolute Gasteiger partial charge is 0.457 e. The average Bonchev–Trinajstić information content (AvgIpc) is 3.20. The second-order valence-electron chi connectivity index (χ2n) is 6.42. The lowest BCUT2D eigenvalue weighted by molar-refractivity contribution is -0.384. The summed E-state index contributed by atoms with van der Waals surface area (Å²) in [6, 6.07) is 16.0. The first-order valence-corrected chi connectivity index (χ1v) is 9.64. The highest BCUT2D eigenvalue weighted by molar-refractivity contribution is 7.80. The molecule has 0 spiro atoms. The zero-order valence-electron chi connectivity index (χ0n) is 15.6. The molecule has 0 saturated carbocycles. The number of halogens is 1. The van der Waals surface area contributed by atoms with Gasteiger partial charge in [-0.3, -0.25) is 29.9 Å². The molecule has 3 aromatic rings. The number of thiocarbonyl (C=S) groups is 1. The van der Waals surface area contributed by atoms with E-state index in [-0.39, 0.29) is 27.2 Å². The summed E-state index contributed by atoms with van der Waals surface area (Å²) in [5.74, 6) is -0.722. The van der Waals surface area contributed by atoms with Crippen molar-refractivity contribution in [3.63, 3.8) is 0 Å². The average molecular weight is 454 g/mol. The summed E-state index contributed by atoms with van der Waals surface area (Å²) in [6.07, 6.45) is 1.29. The van der Waals surface area contributed by atoms with E-state index in [1.807, 2.05) is 0 Å². The lowest BCUT2D eigenvalue weighted by Crippen LogP contribution is -2.54. The van der Waals surface area contributed by atoms with E-state index >= 15 is 0 Å². The molecule has 2 heterocycles. The quantitative estimate of drug-likeness (QED) is 0.207. The van der Waals surface area contributed by atoms with Gasteiger partial charge < -0.3 is 4.42 Å². The number of rotatable bonds is 4. The number of benzene rings is 2. The van der Waals surface area contributed by atoms with Crippen molar-refractivity contribution in [2.45, 2.75) is 0 Å². The number of nitro benzene ring substituents is 1. The molecule has 1 N–H and O–H groups in total. The number of hydrogen-bond acceptors (Lipinski definition) is 6. The first-order chi connectivity index (χ1) is 14.8. The minimum Gasteiger partial charge on any atom is -0.457 e. The molecule has 0 atom stereocenters. The lowest BCUT2D eigenvalue weighted by Gasteiger charge is -2.28. The Labute approximate surface area is 185 Å². The van der Waals surface area contributed by atoms with Gasteiger partial charge in [-0.1, -0.05) is 29.8 Å². The van der Waals surface area contributed by atoms with Crippen LogP contribution in [-0.2, 0) is 9.59 Å². The van der Waals surface area contributed by atoms with Gasteiger partial charge in [0.1, 0.15) is 22.1 Å². The van der Waals surface area contributed by atoms with Crippen molar-refractivity contribution in [2.75, 3.05) is 4.90 Å². The predicted molar refractivity (Wildman–Crippen MR) is 118 cm³/mol. The van der Waals surface area contributed by atoms with E-state index in [9.17, 15) is 19.7 Å². The number of anilines is 1. The van der Waals surface area contributed by atoms with Gasteiger partial charge in [-0.05, 0) is 54.7 Å². The third kappa shape index (κ3) is 3.96. The van der Waals surface area contributed by atoms with Crippen LogP contribution < -0.4 is 10.2 Å². The predicted octanol–water partition coefficient (Wildman–Crippen LogP) is 4.34. The summed E-state index contributed by atoms with van der Waals surface area (Å²) in [7, 11) is 0. The molecule has 1 aromatic heterocycles. The molecule has 0 bridgehead atoms. The Balaban J connectivity index is 1.67. The van der Waals surface area contributed by atoms with Gasteiger partial charge in [-0.25, -0.2) is 0 Å². The van der Waals surface area contributed by atoms with Crippen LogP contribution in [0.1, 0.15) is 5.76 Å². The molecular formula is C21H12ClN3O5S. The van der Waals surface area contributed by atoms with Crippen LogP contribution in [0.3, 0.4) is 0 Å². The van der Waals surface area contributed by atoms with E-state index in [4.69, 9.17) is 28.2 Å². The Bertz CT molecular complexity index is 1270. The highest BCUT2D eigenvalue weighted by atomic mass is 35.5. The van der Waals surface area contributed by atoms with Crippen molar-refractivity contribution in [3.8, 4) is 11.3 Å². The van der Waals surface area contributed by atoms with Crippen LogP contribution in [0.25, 0.3) is 17.4 Å². The Morgan fingerprint density at radius 3 is 2.55 bits per heavy atom. The molecule has 154 valence electrons. The van der Waals surface area contributed by atoms with Gasteiger partial charge in [0.15, 0.2) is 5.11 Å². The number of hydrogen-bond donors (Lipinski definition) is 1. The van der Waals surface area contributed by atoms with Gasteiger partial charge in [-0.2, -0.15) is 0 Å². The van der Waals surface area contributed by atoms with Crippen molar-refractivity contribution in [3.05, 3.63) is 87.1 Å². The summed E-state index contributed by atoms with van der Waals surface area (Å²) in [4.78, 5) is 37.1. The van der Waals surface area contributed by atoms with Crippen LogP contribution in [0, 0.1) is 10.1 Å². The Morgan fingerprint density at radius 1 is 1.10 bits per heavy atom. The van der Waals surface area contributed by atoms with Gasteiger partial charge in [-0.15, -0.1) is 0 Å². The summed E-state index contributed by atoms with van der Waals surface area (Å²) in [5.41, 5.74) is 0.508. The zero-order valence-corrected chi connectivity index (χ0v) is 17.1. The molecule has 1 fully saturated rings. The molecule has 1 aliphatic rings. The van der Waals surface area contributed by atoms with E-state index in [0.717, 1.165) is 0 Å². The maximum atomic E-state index is 13.0. The molecule has 31 heavy (non-hydrogen) atoms. The molecule has 1 aliphatic heterocycles. The van der Waals surface area contributed by atoms with E-state index in [2.05, 4.69) is 5.32 Å². The third-order valence-corrected chi connectivity index (χ3v) is 5.06. The summed E-state index contributed by atoms with van der Waals surface area (Å²) in [5, 5.41) is 13.6. The molecule has 10 heteroatoms. The molecule has 8 nitrogen and oxygen atoms in total. The Morgan fingerprint density at radius 2 is 1.84 bits per heavy atom.